The lowest BCUT2D eigenvalue weighted by Gasteiger charge is -2.05. The summed E-state index contributed by atoms with van der Waals surface area (Å²) in [4.78, 5) is 0. The van der Waals surface area contributed by atoms with Crippen molar-refractivity contribution in [1.82, 2.24) is 0 Å². The van der Waals surface area contributed by atoms with Crippen molar-refractivity contribution < 1.29 is 4.39 Å². The molecule has 1 aromatic carbocycles. The van der Waals surface area contributed by atoms with Gasteiger partial charge >= 0.3 is 0 Å². The highest BCUT2D eigenvalue weighted by Gasteiger charge is 1.99. The van der Waals surface area contributed by atoms with E-state index in [2.05, 4.69) is 19.7 Å². The van der Waals surface area contributed by atoms with E-state index in [1.165, 1.54) is 17.7 Å². The molecule has 0 aromatic heterocycles. The molecule has 0 fully saturated rings. The van der Waals surface area contributed by atoms with E-state index in [-0.39, 0.29) is 5.82 Å². The molecule has 17 heavy (non-hydrogen) atoms. The molecule has 0 bridgehead atoms. The highest BCUT2D eigenvalue weighted by Crippen LogP contribution is 2.19. The summed E-state index contributed by atoms with van der Waals surface area (Å²) in [5.41, 5.74) is 3.00. The van der Waals surface area contributed by atoms with Crippen molar-refractivity contribution in [3.63, 3.8) is 0 Å². The van der Waals surface area contributed by atoms with Gasteiger partial charge in [0, 0.05) is 0 Å². The van der Waals surface area contributed by atoms with Gasteiger partial charge in [0.05, 0.1) is 0 Å². The first-order valence-electron chi connectivity index (χ1n) is 5.53. The lowest BCUT2D eigenvalue weighted by molar-refractivity contribution is 0.627. The summed E-state index contributed by atoms with van der Waals surface area (Å²) in [6, 6.07) is 6.34. The molecule has 0 unspecified atom stereocenters. The Morgan fingerprint density at radius 3 is 2.06 bits per heavy atom. The molecule has 1 heteroatoms. The molecule has 1 aromatic rings. The van der Waals surface area contributed by atoms with E-state index in [1.54, 1.807) is 12.1 Å². The maximum Gasteiger partial charge on any atom is 0.123 e. The van der Waals surface area contributed by atoms with Crippen LogP contribution in [0.25, 0.3) is 5.57 Å². The fraction of sp³-hybridized carbons (Fsp3) is 0.125. The molecule has 1 rings (SSSR count). The second-order valence-electron chi connectivity index (χ2n) is 3.82. The van der Waals surface area contributed by atoms with Gasteiger partial charge in [0.25, 0.3) is 0 Å². The number of benzene rings is 1. The van der Waals surface area contributed by atoms with Crippen LogP contribution in [0.1, 0.15) is 18.4 Å². The third kappa shape index (κ3) is 4.23. The van der Waals surface area contributed by atoms with Crippen LogP contribution < -0.4 is 0 Å². The Hall–Kier alpha value is -1.89. The topological polar surface area (TPSA) is 0 Å². The van der Waals surface area contributed by atoms with Crippen molar-refractivity contribution in [3.05, 3.63) is 79.2 Å². The molecule has 0 radical (unpaired) electrons. The summed E-state index contributed by atoms with van der Waals surface area (Å²) in [5, 5.41) is 0. The number of rotatable bonds is 6. The van der Waals surface area contributed by atoms with Crippen molar-refractivity contribution in [2.75, 3.05) is 0 Å². The van der Waals surface area contributed by atoms with Gasteiger partial charge in [0.1, 0.15) is 5.82 Å². The predicted molar refractivity (Wildman–Crippen MR) is 73.1 cm³/mol. The SMILES string of the molecule is C=CCC(=CC(=C)c1ccc(F)cc1)CC=C. The van der Waals surface area contributed by atoms with Crippen LogP contribution in [-0.4, -0.2) is 0 Å². The van der Waals surface area contributed by atoms with Crippen LogP contribution in [0.5, 0.6) is 0 Å². The van der Waals surface area contributed by atoms with Gasteiger partial charge < -0.3 is 0 Å². The van der Waals surface area contributed by atoms with Crippen molar-refractivity contribution >= 4 is 5.57 Å². The summed E-state index contributed by atoms with van der Waals surface area (Å²) >= 11 is 0. The van der Waals surface area contributed by atoms with Gasteiger partial charge in [-0.2, -0.15) is 0 Å². The van der Waals surface area contributed by atoms with Gasteiger partial charge in [-0.3, -0.25) is 0 Å². The van der Waals surface area contributed by atoms with Crippen molar-refractivity contribution in [1.29, 1.82) is 0 Å². The van der Waals surface area contributed by atoms with E-state index >= 15 is 0 Å². The minimum Gasteiger partial charge on any atom is -0.207 e. The van der Waals surface area contributed by atoms with Crippen LogP contribution in [0.15, 0.2) is 67.8 Å². The summed E-state index contributed by atoms with van der Waals surface area (Å²) < 4.78 is 12.8. The summed E-state index contributed by atoms with van der Waals surface area (Å²) in [6.07, 6.45) is 7.34. The van der Waals surface area contributed by atoms with E-state index in [4.69, 9.17) is 0 Å². The summed E-state index contributed by atoms with van der Waals surface area (Å²) in [6.45, 7) is 11.4. The second-order valence-corrected chi connectivity index (χ2v) is 3.82. The third-order valence-corrected chi connectivity index (χ3v) is 2.41. The lowest BCUT2D eigenvalue weighted by Crippen LogP contribution is -1.84. The summed E-state index contributed by atoms with van der Waals surface area (Å²) in [7, 11) is 0. The average molecular weight is 228 g/mol. The van der Waals surface area contributed by atoms with Crippen LogP contribution in [0.4, 0.5) is 4.39 Å². The molecular weight excluding hydrogens is 211 g/mol. The Balaban J connectivity index is 2.87. The molecule has 0 aliphatic carbocycles. The zero-order valence-electron chi connectivity index (χ0n) is 9.95. The molecule has 0 amide bonds. The summed E-state index contributed by atoms with van der Waals surface area (Å²) in [5.74, 6) is -0.233. The van der Waals surface area contributed by atoms with Crippen LogP contribution in [0.2, 0.25) is 0 Å². The van der Waals surface area contributed by atoms with Gasteiger partial charge in [-0.1, -0.05) is 42.5 Å². The Labute approximate surface area is 102 Å². The van der Waals surface area contributed by atoms with Crippen molar-refractivity contribution in [2.45, 2.75) is 12.8 Å². The maximum atomic E-state index is 12.8. The molecule has 0 aliphatic rings. The van der Waals surface area contributed by atoms with Gasteiger partial charge in [-0.15, -0.1) is 13.2 Å². The van der Waals surface area contributed by atoms with E-state index in [1.807, 2.05) is 18.2 Å². The number of hydrogen-bond donors (Lipinski definition) is 0. The molecule has 0 atom stereocenters. The smallest absolute Gasteiger partial charge is 0.123 e. The lowest BCUT2D eigenvalue weighted by atomic mass is 10.0. The largest absolute Gasteiger partial charge is 0.207 e. The Kier molecular flexibility index (Phi) is 5.15. The standard InChI is InChI=1S/C16H17F/c1-4-6-14(7-5-2)12-13(3)15-8-10-16(17)11-9-15/h4-5,8-12H,1-3,6-7H2. The number of hydrogen-bond acceptors (Lipinski definition) is 0. The minimum atomic E-state index is -0.233. The van der Waals surface area contributed by atoms with Crippen molar-refractivity contribution in [3.8, 4) is 0 Å². The zero-order valence-corrected chi connectivity index (χ0v) is 9.95. The molecule has 0 heterocycles. The molecule has 0 aliphatic heterocycles. The Bertz CT molecular complexity index is 423. The van der Waals surface area contributed by atoms with E-state index in [0.717, 1.165) is 24.0 Å². The second kappa shape index (κ2) is 6.64. The van der Waals surface area contributed by atoms with E-state index < -0.39 is 0 Å². The monoisotopic (exact) mass is 228 g/mol. The first-order valence-corrected chi connectivity index (χ1v) is 5.53. The highest BCUT2D eigenvalue weighted by molar-refractivity contribution is 5.72. The van der Waals surface area contributed by atoms with Crippen LogP contribution >= 0.6 is 0 Å². The molecular formula is C16H17F. The number of halogens is 1. The normalized spacial score (nSPS) is 9.47. The molecule has 0 saturated heterocycles. The molecule has 0 saturated carbocycles. The predicted octanol–water partition coefficient (Wildman–Crippen LogP) is 4.92. The quantitative estimate of drug-likeness (QED) is 0.479. The van der Waals surface area contributed by atoms with Crippen LogP contribution in [0, 0.1) is 5.82 Å². The van der Waals surface area contributed by atoms with E-state index in [9.17, 15) is 4.39 Å². The molecule has 88 valence electrons. The first kappa shape index (κ1) is 13.2. The highest BCUT2D eigenvalue weighted by atomic mass is 19.1. The van der Waals surface area contributed by atoms with Crippen LogP contribution in [0.3, 0.4) is 0 Å². The molecule has 0 N–H and O–H groups in total. The van der Waals surface area contributed by atoms with Crippen LogP contribution in [-0.2, 0) is 0 Å². The van der Waals surface area contributed by atoms with Crippen molar-refractivity contribution in [2.24, 2.45) is 0 Å². The van der Waals surface area contributed by atoms with Gasteiger partial charge in [0.2, 0.25) is 0 Å². The first-order chi connectivity index (χ1) is 8.17. The van der Waals surface area contributed by atoms with Gasteiger partial charge in [0.15, 0.2) is 0 Å². The van der Waals surface area contributed by atoms with Gasteiger partial charge in [-0.05, 0) is 36.1 Å². The fourth-order valence-electron chi connectivity index (χ4n) is 1.57. The zero-order chi connectivity index (χ0) is 12.7. The number of allylic oxidation sites excluding steroid dienone is 5. The minimum absolute atomic E-state index is 0.233. The average Bonchev–Trinajstić information content (AvgIpc) is 2.30. The maximum absolute atomic E-state index is 12.8. The fourth-order valence-corrected chi connectivity index (χ4v) is 1.57. The molecule has 0 spiro atoms. The molecule has 0 nitrogen and oxygen atoms in total. The third-order valence-electron chi connectivity index (χ3n) is 2.41. The van der Waals surface area contributed by atoms with E-state index in [0.29, 0.717) is 0 Å². The Morgan fingerprint density at radius 1 is 1.06 bits per heavy atom. The Morgan fingerprint density at radius 2 is 1.59 bits per heavy atom. The van der Waals surface area contributed by atoms with Gasteiger partial charge in [-0.25, -0.2) is 4.39 Å².